The molecule has 0 rings (SSSR count). The molecule has 0 atom stereocenters. The molecule has 13 heavy (non-hydrogen) atoms. The van der Waals surface area contributed by atoms with E-state index in [1.807, 2.05) is 6.92 Å². The van der Waals surface area contributed by atoms with E-state index >= 15 is 0 Å². The molecule has 0 aliphatic rings. The van der Waals surface area contributed by atoms with Crippen LogP contribution in [0.1, 0.15) is 26.7 Å². The first kappa shape index (κ1) is 11.7. The first-order valence-corrected chi connectivity index (χ1v) is 4.38. The third-order valence-corrected chi connectivity index (χ3v) is 1.42. The van der Waals surface area contributed by atoms with Crippen molar-refractivity contribution in [2.75, 3.05) is 6.54 Å². The van der Waals surface area contributed by atoms with Crippen LogP contribution in [-0.2, 0) is 9.59 Å². The number of hydrogen-bond donors (Lipinski definition) is 2. The van der Waals surface area contributed by atoms with Crippen LogP contribution in [-0.4, -0.2) is 18.4 Å². The predicted octanol–water partition coefficient (Wildman–Crippen LogP) is 0.552. The van der Waals surface area contributed by atoms with E-state index in [1.54, 1.807) is 6.92 Å². The van der Waals surface area contributed by atoms with Gasteiger partial charge >= 0.3 is 0 Å². The zero-order valence-corrected chi connectivity index (χ0v) is 8.14. The minimum atomic E-state index is -0.316. The van der Waals surface area contributed by atoms with Crippen LogP contribution in [0.3, 0.4) is 0 Å². The summed E-state index contributed by atoms with van der Waals surface area (Å²) in [4.78, 5) is 22.0. The van der Waals surface area contributed by atoms with Crippen LogP contribution in [0.4, 0.5) is 0 Å². The fourth-order valence-corrected chi connectivity index (χ4v) is 0.659. The summed E-state index contributed by atoms with van der Waals surface area (Å²) >= 11 is 0. The molecular formula is C9H16N2O2. The molecule has 4 heteroatoms. The number of carbonyl (C=O) groups is 2. The highest BCUT2D eigenvalue weighted by Crippen LogP contribution is 1.86. The zero-order valence-electron chi connectivity index (χ0n) is 8.14. The Bertz CT molecular complexity index is 212. The monoisotopic (exact) mass is 184 g/mol. The Labute approximate surface area is 78.4 Å². The van der Waals surface area contributed by atoms with E-state index in [4.69, 9.17) is 0 Å². The second-order valence-corrected chi connectivity index (χ2v) is 2.64. The van der Waals surface area contributed by atoms with Crippen LogP contribution in [0, 0.1) is 0 Å². The highest BCUT2D eigenvalue weighted by Gasteiger charge is 2.07. The fraction of sp³-hybridized carbons (Fsp3) is 0.556. The van der Waals surface area contributed by atoms with Crippen molar-refractivity contribution >= 4 is 11.8 Å². The molecular weight excluding hydrogens is 168 g/mol. The van der Waals surface area contributed by atoms with Crippen molar-refractivity contribution in [1.82, 2.24) is 10.6 Å². The van der Waals surface area contributed by atoms with E-state index in [1.165, 1.54) is 0 Å². The van der Waals surface area contributed by atoms with Crippen molar-refractivity contribution in [3.8, 4) is 0 Å². The largest absolute Gasteiger partial charge is 0.351 e. The van der Waals surface area contributed by atoms with E-state index in [2.05, 4.69) is 17.2 Å². The third kappa shape index (κ3) is 5.00. The molecule has 0 bridgehead atoms. The number of amides is 2. The summed E-state index contributed by atoms with van der Waals surface area (Å²) in [6, 6.07) is 0. The minimum absolute atomic E-state index is 0.111. The average Bonchev–Trinajstić information content (AvgIpc) is 2.13. The van der Waals surface area contributed by atoms with E-state index in [0.29, 0.717) is 13.0 Å². The van der Waals surface area contributed by atoms with Crippen LogP contribution in [0.25, 0.3) is 0 Å². The van der Waals surface area contributed by atoms with Crippen LogP contribution in [0.2, 0.25) is 0 Å². The Hall–Kier alpha value is -1.32. The minimum Gasteiger partial charge on any atom is -0.351 e. The Morgan fingerprint density at radius 3 is 2.38 bits per heavy atom. The van der Waals surface area contributed by atoms with Crippen molar-refractivity contribution < 1.29 is 9.59 Å². The molecule has 0 unspecified atom stereocenters. The Morgan fingerprint density at radius 2 is 1.92 bits per heavy atom. The number of nitrogens with one attached hydrogen (secondary N) is 2. The van der Waals surface area contributed by atoms with Crippen molar-refractivity contribution in [1.29, 1.82) is 0 Å². The van der Waals surface area contributed by atoms with Gasteiger partial charge in [-0.05, 0) is 6.42 Å². The molecule has 0 aliphatic carbocycles. The second kappa shape index (κ2) is 6.22. The highest BCUT2D eigenvalue weighted by atomic mass is 16.2. The lowest BCUT2D eigenvalue weighted by atomic mass is 10.3. The maximum Gasteiger partial charge on any atom is 0.267 e. The lowest BCUT2D eigenvalue weighted by Gasteiger charge is -2.06. The molecule has 0 fully saturated rings. The molecule has 0 aliphatic heterocycles. The normalized spacial score (nSPS) is 9.08. The van der Waals surface area contributed by atoms with Gasteiger partial charge in [-0.2, -0.15) is 0 Å². The molecule has 0 aromatic heterocycles. The predicted molar refractivity (Wildman–Crippen MR) is 50.9 cm³/mol. The Morgan fingerprint density at radius 1 is 1.31 bits per heavy atom. The lowest BCUT2D eigenvalue weighted by molar-refractivity contribution is -0.123. The van der Waals surface area contributed by atoms with Gasteiger partial charge in [0.05, 0.1) is 5.70 Å². The van der Waals surface area contributed by atoms with Crippen LogP contribution in [0.5, 0.6) is 0 Å². The first-order valence-electron chi connectivity index (χ1n) is 4.38. The SMILES string of the molecule is C=C(NC(=O)CC)C(=O)NCCC. The molecule has 0 saturated heterocycles. The molecule has 0 radical (unpaired) electrons. The fourth-order valence-electron chi connectivity index (χ4n) is 0.659. The summed E-state index contributed by atoms with van der Waals surface area (Å²) < 4.78 is 0. The Kier molecular flexibility index (Phi) is 5.59. The molecule has 4 nitrogen and oxygen atoms in total. The van der Waals surface area contributed by atoms with Crippen LogP contribution in [0.15, 0.2) is 12.3 Å². The number of rotatable bonds is 5. The molecule has 0 heterocycles. The number of hydrogen-bond acceptors (Lipinski definition) is 2. The lowest BCUT2D eigenvalue weighted by Crippen LogP contribution is -2.34. The zero-order chi connectivity index (χ0) is 10.3. The quantitative estimate of drug-likeness (QED) is 0.613. The standard InChI is InChI=1S/C9H16N2O2/c1-4-6-10-9(13)7(3)11-8(12)5-2/h3-6H2,1-2H3,(H,10,13)(H,11,12). The van der Waals surface area contributed by atoms with Gasteiger partial charge in [0.25, 0.3) is 5.91 Å². The molecule has 0 spiro atoms. The smallest absolute Gasteiger partial charge is 0.267 e. The summed E-state index contributed by atoms with van der Waals surface area (Å²) in [5, 5.41) is 5.00. The molecule has 0 aromatic rings. The van der Waals surface area contributed by atoms with Crippen molar-refractivity contribution in [3.05, 3.63) is 12.3 Å². The van der Waals surface area contributed by atoms with E-state index < -0.39 is 0 Å². The summed E-state index contributed by atoms with van der Waals surface area (Å²) in [5.74, 6) is -0.514. The third-order valence-electron chi connectivity index (χ3n) is 1.42. The van der Waals surface area contributed by atoms with Gasteiger partial charge in [-0.3, -0.25) is 9.59 Å². The maximum atomic E-state index is 11.1. The van der Waals surface area contributed by atoms with E-state index in [-0.39, 0.29) is 17.5 Å². The van der Waals surface area contributed by atoms with Gasteiger partial charge in [0, 0.05) is 13.0 Å². The van der Waals surface area contributed by atoms with Crippen molar-refractivity contribution in [3.63, 3.8) is 0 Å². The van der Waals surface area contributed by atoms with E-state index in [9.17, 15) is 9.59 Å². The molecule has 74 valence electrons. The van der Waals surface area contributed by atoms with Crippen LogP contribution >= 0.6 is 0 Å². The van der Waals surface area contributed by atoms with Crippen LogP contribution < -0.4 is 10.6 Å². The number of carbonyl (C=O) groups excluding carboxylic acids is 2. The van der Waals surface area contributed by atoms with Gasteiger partial charge in [0.2, 0.25) is 5.91 Å². The van der Waals surface area contributed by atoms with Gasteiger partial charge in [0.1, 0.15) is 0 Å². The second-order valence-electron chi connectivity index (χ2n) is 2.64. The maximum absolute atomic E-state index is 11.1. The summed E-state index contributed by atoms with van der Waals surface area (Å²) in [6.07, 6.45) is 1.21. The molecule has 2 N–H and O–H groups in total. The summed E-state index contributed by atoms with van der Waals surface area (Å²) in [7, 11) is 0. The van der Waals surface area contributed by atoms with Gasteiger partial charge in [0.15, 0.2) is 0 Å². The summed E-state index contributed by atoms with van der Waals surface area (Å²) in [5.41, 5.74) is 0.111. The average molecular weight is 184 g/mol. The molecule has 0 saturated carbocycles. The summed E-state index contributed by atoms with van der Waals surface area (Å²) in [6.45, 7) is 7.72. The molecule has 2 amide bonds. The van der Waals surface area contributed by atoms with Crippen molar-refractivity contribution in [2.24, 2.45) is 0 Å². The Balaban J connectivity index is 3.83. The molecule has 0 aromatic carbocycles. The van der Waals surface area contributed by atoms with Gasteiger partial charge in [-0.1, -0.05) is 20.4 Å². The van der Waals surface area contributed by atoms with Gasteiger partial charge in [-0.25, -0.2) is 0 Å². The van der Waals surface area contributed by atoms with E-state index in [0.717, 1.165) is 6.42 Å². The van der Waals surface area contributed by atoms with Gasteiger partial charge < -0.3 is 10.6 Å². The topological polar surface area (TPSA) is 58.2 Å². The first-order chi connectivity index (χ1) is 6.11. The van der Waals surface area contributed by atoms with Gasteiger partial charge in [-0.15, -0.1) is 0 Å². The van der Waals surface area contributed by atoms with Crippen molar-refractivity contribution in [2.45, 2.75) is 26.7 Å². The highest BCUT2D eigenvalue weighted by molar-refractivity contribution is 5.96.